The number of benzene rings is 1. The Morgan fingerprint density at radius 2 is 2.16 bits per heavy atom. The Morgan fingerprint density at radius 1 is 1.42 bits per heavy atom. The molecule has 0 aliphatic rings. The Labute approximate surface area is 115 Å². The summed E-state index contributed by atoms with van der Waals surface area (Å²) < 4.78 is 5.27. The average Bonchev–Trinajstić information content (AvgIpc) is 2.45. The summed E-state index contributed by atoms with van der Waals surface area (Å²) in [5, 5.41) is 2.87. The first-order valence-electron chi connectivity index (χ1n) is 6.84. The zero-order valence-corrected chi connectivity index (χ0v) is 11.8. The molecule has 0 unspecified atom stereocenters. The van der Waals surface area contributed by atoms with Crippen LogP contribution in [0.15, 0.2) is 24.3 Å². The molecule has 1 rings (SSSR count). The Kier molecular flexibility index (Phi) is 6.97. The standard InChI is InChI=1S/C15H24N2O2/c1-3-4-8-13(16)15(18)17-11-10-12-7-5-6-9-14(12)19-2/h5-7,9,13H,3-4,8,10-11,16H2,1-2H3,(H,17,18)/t13-/m0/s1. The van der Waals surface area contributed by atoms with Crippen LogP contribution in [0.4, 0.5) is 0 Å². The maximum absolute atomic E-state index is 11.7. The minimum atomic E-state index is -0.391. The summed E-state index contributed by atoms with van der Waals surface area (Å²) in [6, 6.07) is 7.43. The van der Waals surface area contributed by atoms with E-state index < -0.39 is 6.04 Å². The monoisotopic (exact) mass is 264 g/mol. The Morgan fingerprint density at radius 3 is 2.84 bits per heavy atom. The van der Waals surface area contributed by atoms with Gasteiger partial charge < -0.3 is 15.8 Å². The van der Waals surface area contributed by atoms with Crippen molar-refractivity contribution in [3.05, 3.63) is 29.8 Å². The average molecular weight is 264 g/mol. The van der Waals surface area contributed by atoms with Gasteiger partial charge in [-0.25, -0.2) is 0 Å². The maximum atomic E-state index is 11.7. The van der Waals surface area contributed by atoms with Crippen LogP contribution < -0.4 is 15.8 Å². The number of hydrogen-bond donors (Lipinski definition) is 2. The van der Waals surface area contributed by atoms with Crippen molar-refractivity contribution < 1.29 is 9.53 Å². The van der Waals surface area contributed by atoms with E-state index in [1.54, 1.807) is 7.11 Å². The van der Waals surface area contributed by atoms with Crippen molar-refractivity contribution in [3.8, 4) is 5.75 Å². The van der Waals surface area contributed by atoms with Crippen LogP contribution in [-0.2, 0) is 11.2 Å². The number of carbonyl (C=O) groups is 1. The highest BCUT2D eigenvalue weighted by Crippen LogP contribution is 2.17. The Bertz CT molecular complexity index is 393. The Balaban J connectivity index is 2.35. The molecule has 0 saturated carbocycles. The minimum absolute atomic E-state index is 0.0663. The molecule has 0 aromatic heterocycles. The van der Waals surface area contributed by atoms with E-state index in [1.807, 2.05) is 24.3 Å². The second kappa shape index (κ2) is 8.53. The van der Waals surface area contributed by atoms with E-state index in [0.717, 1.165) is 37.0 Å². The fraction of sp³-hybridized carbons (Fsp3) is 0.533. The van der Waals surface area contributed by atoms with Gasteiger partial charge >= 0.3 is 0 Å². The van der Waals surface area contributed by atoms with E-state index in [0.29, 0.717) is 6.54 Å². The quantitative estimate of drug-likeness (QED) is 0.753. The van der Waals surface area contributed by atoms with Gasteiger partial charge in [0, 0.05) is 6.54 Å². The number of nitrogens with one attached hydrogen (secondary N) is 1. The van der Waals surface area contributed by atoms with Crippen LogP contribution in [0.3, 0.4) is 0 Å². The number of ether oxygens (including phenoxy) is 1. The van der Waals surface area contributed by atoms with Gasteiger partial charge in [-0.3, -0.25) is 4.79 Å². The molecule has 0 saturated heterocycles. The third kappa shape index (κ3) is 5.30. The molecule has 0 bridgehead atoms. The molecule has 0 aliphatic heterocycles. The molecule has 1 aromatic rings. The first-order chi connectivity index (χ1) is 9.19. The fourth-order valence-electron chi connectivity index (χ4n) is 1.92. The lowest BCUT2D eigenvalue weighted by molar-refractivity contribution is -0.122. The number of unbranched alkanes of at least 4 members (excludes halogenated alkanes) is 1. The van der Waals surface area contributed by atoms with E-state index in [9.17, 15) is 4.79 Å². The number of rotatable bonds is 8. The van der Waals surface area contributed by atoms with Crippen molar-refractivity contribution >= 4 is 5.91 Å². The molecule has 4 nitrogen and oxygen atoms in total. The summed E-state index contributed by atoms with van der Waals surface area (Å²) in [5.41, 5.74) is 6.89. The molecule has 1 amide bonds. The van der Waals surface area contributed by atoms with Gasteiger partial charge in [-0.1, -0.05) is 38.0 Å². The minimum Gasteiger partial charge on any atom is -0.496 e. The molecular weight excluding hydrogens is 240 g/mol. The third-order valence-corrected chi connectivity index (χ3v) is 3.09. The van der Waals surface area contributed by atoms with Crippen LogP contribution >= 0.6 is 0 Å². The van der Waals surface area contributed by atoms with E-state index in [4.69, 9.17) is 10.5 Å². The molecule has 3 N–H and O–H groups in total. The molecule has 0 heterocycles. The highest BCUT2D eigenvalue weighted by atomic mass is 16.5. The second-order valence-corrected chi connectivity index (χ2v) is 4.60. The van der Waals surface area contributed by atoms with Crippen LogP contribution in [0.5, 0.6) is 5.75 Å². The van der Waals surface area contributed by atoms with Gasteiger partial charge in [0.2, 0.25) is 5.91 Å². The van der Waals surface area contributed by atoms with Crippen molar-refractivity contribution in [3.63, 3.8) is 0 Å². The van der Waals surface area contributed by atoms with Crippen LogP contribution in [0.1, 0.15) is 31.7 Å². The Hall–Kier alpha value is -1.55. The van der Waals surface area contributed by atoms with Crippen molar-refractivity contribution in [2.24, 2.45) is 5.73 Å². The van der Waals surface area contributed by atoms with Crippen molar-refractivity contribution in [2.75, 3.05) is 13.7 Å². The molecule has 106 valence electrons. The molecule has 1 aromatic carbocycles. The highest BCUT2D eigenvalue weighted by Gasteiger charge is 2.12. The van der Waals surface area contributed by atoms with Crippen molar-refractivity contribution in [1.82, 2.24) is 5.32 Å². The predicted octanol–water partition coefficient (Wildman–Crippen LogP) is 1.87. The SMILES string of the molecule is CCCC[C@H](N)C(=O)NCCc1ccccc1OC. The topological polar surface area (TPSA) is 64.4 Å². The summed E-state index contributed by atoms with van der Waals surface area (Å²) in [7, 11) is 1.65. The van der Waals surface area contributed by atoms with Crippen molar-refractivity contribution in [1.29, 1.82) is 0 Å². The number of hydrogen-bond acceptors (Lipinski definition) is 3. The van der Waals surface area contributed by atoms with Crippen LogP contribution in [0.2, 0.25) is 0 Å². The van der Waals surface area contributed by atoms with Crippen LogP contribution in [0, 0.1) is 0 Å². The van der Waals surface area contributed by atoms with Gasteiger partial charge in [0.1, 0.15) is 5.75 Å². The lowest BCUT2D eigenvalue weighted by Gasteiger charge is -2.12. The van der Waals surface area contributed by atoms with Gasteiger partial charge in [0.05, 0.1) is 13.2 Å². The van der Waals surface area contributed by atoms with Crippen LogP contribution in [0.25, 0.3) is 0 Å². The first kappa shape index (κ1) is 15.5. The summed E-state index contributed by atoms with van der Waals surface area (Å²) in [4.78, 5) is 11.7. The summed E-state index contributed by atoms with van der Waals surface area (Å²) >= 11 is 0. The summed E-state index contributed by atoms with van der Waals surface area (Å²) in [5.74, 6) is 0.787. The lowest BCUT2D eigenvalue weighted by atomic mass is 10.1. The van der Waals surface area contributed by atoms with E-state index in [1.165, 1.54) is 0 Å². The smallest absolute Gasteiger partial charge is 0.236 e. The van der Waals surface area contributed by atoms with Gasteiger partial charge in [0.25, 0.3) is 0 Å². The van der Waals surface area contributed by atoms with Gasteiger partial charge in [-0.2, -0.15) is 0 Å². The molecule has 0 aliphatic carbocycles. The molecule has 0 spiro atoms. The maximum Gasteiger partial charge on any atom is 0.236 e. The van der Waals surface area contributed by atoms with E-state index in [-0.39, 0.29) is 5.91 Å². The highest BCUT2D eigenvalue weighted by molar-refractivity contribution is 5.81. The second-order valence-electron chi connectivity index (χ2n) is 4.60. The summed E-state index contributed by atoms with van der Waals surface area (Å²) in [6.07, 6.45) is 3.54. The first-order valence-corrected chi connectivity index (χ1v) is 6.84. The number of para-hydroxylation sites is 1. The number of nitrogens with two attached hydrogens (primary N) is 1. The zero-order valence-electron chi connectivity index (χ0n) is 11.8. The fourth-order valence-corrected chi connectivity index (χ4v) is 1.92. The van der Waals surface area contributed by atoms with Crippen LogP contribution in [-0.4, -0.2) is 25.6 Å². The zero-order chi connectivity index (χ0) is 14.1. The molecule has 19 heavy (non-hydrogen) atoms. The number of methoxy groups -OCH3 is 1. The predicted molar refractivity (Wildman–Crippen MR) is 77.2 cm³/mol. The normalized spacial score (nSPS) is 11.9. The van der Waals surface area contributed by atoms with Gasteiger partial charge in [0.15, 0.2) is 0 Å². The lowest BCUT2D eigenvalue weighted by Crippen LogP contribution is -2.41. The third-order valence-electron chi connectivity index (χ3n) is 3.09. The molecule has 0 fully saturated rings. The largest absolute Gasteiger partial charge is 0.496 e. The summed E-state index contributed by atoms with van der Waals surface area (Å²) in [6.45, 7) is 2.67. The number of amides is 1. The molecule has 0 radical (unpaired) electrons. The van der Waals surface area contributed by atoms with Gasteiger partial charge in [-0.05, 0) is 24.5 Å². The van der Waals surface area contributed by atoms with Crippen molar-refractivity contribution in [2.45, 2.75) is 38.6 Å². The number of carbonyl (C=O) groups excluding carboxylic acids is 1. The van der Waals surface area contributed by atoms with Gasteiger partial charge in [-0.15, -0.1) is 0 Å². The molecule has 4 heteroatoms. The van der Waals surface area contributed by atoms with E-state index >= 15 is 0 Å². The van der Waals surface area contributed by atoms with E-state index in [2.05, 4.69) is 12.2 Å². The molecule has 1 atom stereocenters. The molecular formula is C15H24N2O2.